The molecule has 6 aromatic carbocycles. The molecule has 10 aromatic rings. The Morgan fingerprint density at radius 3 is 1.55 bits per heavy atom. The Labute approximate surface area is 500 Å². The third-order valence-corrected chi connectivity index (χ3v) is 16.4. The normalized spacial score (nSPS) is 14.4. The Hall–Kier alpha value is -10.0. The minimum atomic E-state index is -1.01. The highest BCUT2D eigenvalue weighted by Crippen LogP contribution is 2.40. The fourth-order valence-electron chi connectivity index (χ4n) is 8.57. The number of carboxylic acids is 1. The van der Waals surface area contributed by atoms with Gasteiger partial charge in [0, 0.05) is 51.6 Å². The summed E-state index contributed by atoms with van der Waals surface area (Å²) in [6.45, 7) is 0. The number of hydrogen-bond donors (Lipinski definition) is 6. The van der Waals surface area contributed by atoms with E-state index in [4.69, 9.17) is 29.7 Å². The predicted octanol–water partition coefficient (Wildman–Crippen LogP) is 11.5. The van der Waals surface area contributed by atoms with E-state index in [0.717, 1.165) is 46.0 Å². The Balaban J connectivity index is 0.000000160. The van der Waals surface area contributed by atoms with Gasteiger partial charge in [-0.3, -0.25) is 29.3 Å². The van der Waals surface area contributed by atoms with Crippen LogP contribution in [0.4, 0.5) is 39.2 Å². The molecule has 7 N–H and O–H groups in total. The van der Waals surface area contributed by atoms with Gasteiger partial charge in [-0.25, -0.2) is 34.7 Å². The molecule has 2 atom stereocenters. The number of aromatic carboxylic acids is 1. The van der Waals surface area contributed by atoms with E-state index in [9.17, 15) is 33.9 Å². The topological polar surface area (TPSA) is 311 Å². The lowest BCUT2D eigenvalue weighted by molar-refractivity contribution is -0.121. The average molecular weight is 1210 g/mol. The fraction of sp³-hybridized carbons (Fsp3) is 0.119. The first-order chi connectivity index (χ1) is 41.2. The van der Waals surface area contributed by atoms with Gasteiger partial charge in [0.15, 0.2) is 57.2 Å². The van der Waals surface area contributed by atoms with Crippen LogP contribution in [0.25, 0.3) is 43.5 Å². The van der Waals surface area contributed by atoms with Crippen LogP contribution >= 0.6 is 46.2 Å². The van der Waals surface area contributed by atoms with Crippen molar-refractivity contribution in [2.24, 2.45) is 0 Å². The summed E-state index contributed by atoms with van der Waals surface area (Å²) >= 11 is 4.81. The zero-order valence-corrected chi connectivity index (χ0v) is 48.4. The molecule has 12 rings (SSSR count). The molecule has 0 saturated carbocycles. The van der Waals surface area contributed by atoms with Crippen molar-refractivity contribution in [3.8, 4) is 45.8 Å². The number of carbonyl (C=O) groups excluding carboxylic acids is 5. The number of methoxy groups -OCH3 is 4. The molecule has 0 radical (unpaired) electrons. The van der Waals surface area contributed by atoms with E-state index in [1.165, 1.54) is 28.7 Å². The number of nitrogens with two attached hydrogens (primary N) is 1. The van der Waals surface area contributed by atoms with Gasteiger partial charge in [-0.2, -0.15) is 0 Å². The quantitative estimate of drug-likeness (QED) is 0.0410. The van der Waals surface area contributed by atoms with Crippen molar-refractivity contribution < 1.29 is 52.8 Å². The zero-order chi connectivity index (χ0) is 59.7. The lowest BCUT2D eigenvalue weighted by atomic mass is 10.1. The highest BCUT2D eigenvalue weighted by atomic mass is 32.2. The summed E-state index contributed by atoms with van der Waals surface area (Å²) in [5.41, 5.74) is 16.2. The van der Waals surface area contributed by atoms with E-state index < -0.39 is 16.5 Å². The number of carbonyl (C=O) groups is 6. The van der Waals surface area contributed by atoms with Crippen LogP contribution in [-0.4, -0.2) is 97.4 Å². The van der Waals surface area contributed by atoms with E-state index >= 15 is 0 Å². The van der Waals surface area contributed by atoms with Gasteiger partial charge in [-0.1, -0.05) is 60.3 Å². The number of carboxylic acid groups (broad SMARTS) is 1. The summed E-state index contributed by atoms with van der Waals surface area (Å²) in [4.78, 5) is 99.0. The molecule has 6 heterocycles. The summed E-state index contributed by atoms with van der Waals surface area (Å²) < 4.78 is 21.4. The second-order valence-electron chi connectivity index (χ2n) is 18.2. The molecule has 2 aliphatic heterocycles. The fourth-order valence-corrected chi connectivity index (χ4v) is 11.7. The third kappa shape index (κ3) is 13.6. The SMILES string of the molecule is COc1ccc(Nc2nc(-c3cccc(C(=O)Nc4ccc(C5SC(=O)CC5=O)cc4)c3)nc3scnc23)cc1OC.COc1ccc(Nc2nc(-c3cccc(C(=O)O)c3)nc3scnc23)cc1OC.Nc1ccc(C2SC(=O)NC2=O)cc1. The van der Waals surface area contributed by atoms with Crippen LogP contribution in [0.3, 0.4) is 0 Å². The van der Waals surface area contributed by atoms with Gasteiger partial charge in [-0.15, -0.1) is 22.7 Å². The van der Waals surface area contributed by atoms with Crippen molar-refractivity contribution in [2.75, 3.05) is 50.1 Å². The number of ketones is 1. The van der Waals surface area contributed by atoms with E-state index in [1.807, 2.05) is 18.2 Å². The average Bonchev–Trinajstić information content (AvgIpc) is 4.30. The van der Waals surface area contributed by atoms with Crippen molar-refractivity contribution in [1.82, 2.24) is 35.2 Å². The van der Waals surface area contributed by atoms with Crippen molar-refractivity contribution in [1.29, 1.82) is 0 Å². The van der Waals surface area contributed by atoms with Crippen LogP contribution in [0.2, 0.25) is 0 Å². The Bertz CT molecular complexity index is 4200. The number of thiazole rings is 2. The molecule has 3 amide bonds. The van der Waals surface area contributed by atoms with Crippen LogP contribution in [0.1, 0.15) is 48.8 Å². The van der Waals surface area contributed by atoms with Gasteiger partial charge in [0.05, 0.1) is 56.7 Å². The highest BCUT2D eigenvalue weighted by Gasteiger charge is 2.34. The highest BCUT2D eigenvalue weighted by molar-refractivity contribution is 8.15. The molecule has 0 spiro atoms. The van der Waals surface area contributed by atoms with Crippen molar-refractivity contribution in [3.05, 3.63) is 167 Å². The number of nitrogens with zero attached hydrogens (tertiary/aromatic N) is 6. The number of benzene rings is 6. The molecule has 4 aromatic heterocycles. The molecule has 2 fully saturated rings. The number of nitrogen functional groups attached to an aromatic ring is 1. The number of fused-ring (bicyclic) bond motifs is 2. The molecule has 0 aliphatic carbocycles. The minimum Gasteiger partial charge on any atom is -0.493 e. The smallest absolute Gasteiger partial charge is 0.335 e. The maximum atomic E-state index is 13.1. The van der Waals surface area contributed by atoms with Crippen molar-refractivity contribution in [3.63, 3.8) is 0 Å². The van der Waals surface area contributed by atoms with Crippen LogP contribution in [-0.2, 0) is 14.4 Å². The summed E-state index contributed by atoms with van der Waals surface area (Å²) in [7, 11) is 6.29. The number of imide groups is 1. The number of rotatable bonds is 15. The monoisotopic (exact) mass is 1210 g/mol. The van der Waals surface area contributed by atoms with E-state index in [-0.39, 0.29) is 39.9 Å². The van der Waals surface area contributed by atoms with Crippen LogP contribution in [0.15, 0.2) is 144 Å². The molecule has 2 aliphatic rings. The molecule has 22 nitrogen and oxygen atoms in total. The summed E-state index contributed by atoms with van der Waals surface area (Å²) in [6, 6.07) is 38.3. The van der Waals surface area contributed by atoms with Gasteiger partial charge < -0.3 is 45.7 Å². The van der Waals surface area contributed by atoms with Crippen LogP contribution < -0.4 is 45.9 Å². The standard InChI is InChI=1S/C30H23N5O5S2.C20H16N4O4S.C9H8N2O2S/c1-39-22-11-10-20(13-23(22)40-2)32-28-25-30(41-15-31-25)35-27(34-28)17-4-3-5-18(12-17)29(38)33-19-8-6-16(7-9-19)26-21(36)14-24(37)42-26;1-27-14-7-6-13(9-15(14)28-2)22-18-16-19(29-10-21-16)24-17(23-18)11-4-3-5-12(8-11)20(25)26;10-6-3-1-5(2-4-6)7-8(12)11-9(13)14-7/h3-13,15,26H,14H2,1-2H3,(H,33,38)(H,32,34,35);3-10H,1-2H3,(H,25,26)(H,22,23,24);1-4,7H,10H2,(H,11,12,13). The van der Waals surface area contributed by atoms with Gasteiger partial charge in [0.25, 0.3) is 11.1 Å². The van der Waals surface area contributed by atoms with Crippen molar-refractivity contribution >= 4 is 135 Å². The number of thioether (sulfide) groups is 2. The van der Waals surface area contributed by atoms with Gasteiger partial charge >= 0.3 is 5.97 Å². The molecule has 2 saturated heterocycles. The summed E-state index contributed by atoms with van der Waals surface area (Å²) in [5.74, 6) is 2.57. The van der Waals surface area contributed by atoms with Crippen molar-refractivity contribution in [2.45, 2.75) is 16.9 Å². The number of Topliss-reactive ketones (excluding diaryl/α,β-unsaturated/α-hetero) is 1. The van der Waals surface area contributed by atoms with Gasteiger partial charge in [0.1, 0.15) is 25.9 Å². The number of hydrogen-bond acceptors (Lipinski definition) is 23. The first kappa shape index (κ1) is 58.2. The molecule has 2 unspecified atom stereocenters. The second-order valence-corrected chi connectivity index (χ2v) is 22.1. The molecule has 0 bridgehead atoms. The predicted molar refractivity (Wildman–Crippen MR) is 328 cm³/mol. The number of nitrogens with one attached hydrogen (secondary N) is 4. The third-order valence-electron chi connectivity index (χ3n) is 12.7. The molecular weight excluding hydrogens is 1170 g/mol. The second kappa shape index (κ2) is 26.1. The largest absolute Gasteiger partial charge is 0.493 e. The summed E-state index contributed by atoms with van der Waals surface area (Å²) in [6.07, 6.45) is -0.0441. The Morgan fingerprint density at radius 2 is 1.07 bits per heavy atom. The maximum absolute atomic E-state index is 13.1. The number of aromatic nitrogens is 6. The molecule has 26 heteroatoms. The Kier molecular flexibility index (Phi) is 17.8. The maximum Gasteiger partial charge on any atom is 0.335 e. The first-order valence-corrected chi connectivity index (χ1v) is 28.8. The number of anilines is 6. The molecule has 85 heavy (non-hydrogen) atoms. The number of amides is 3. The van der Waals surface area contributed by atoms with E-state index in [1.54, 1.807) is 149 Å². The van der Waals surface area contributed by atoms with Gasteiger partial charge in [-0.05, 0) is 95.7 Å². The van der Waals surface area contributed by atoms with Crippen LogP contribution in [0, 0.1) is 0 Å². The minimum absolute atomic E-state index is 0.0441. The van der Waals surface area contributed by atoms with E-state index in [2.05, 4.69) is 46.2 Å². The lowest BCUT2D eigenvalue weighted by Gasteiger charge is -2.12. The molecular formula is C59H47N11O11S4. The van der Waals surface area contributed by atoms with E-state index in [0.29, 0.717) is 95.0 Å². The zero-order valence-electron chi connectivity index (χ0n) is 45.1. The van der Waals surface area contributed by atoms with Gasteiger partial charge in [0.2, 0.25) is 5.91 Å². The number of ether oxygens (including phenoxy) is 4. The molecule has 428 valence electrons. The summed E-state index contributed by atoms with van der Waals surface area (Å²) in [5, 5.41) is 19.6. The van der Waals surface area contributed by atoms with Crippen LogP contribution in [0.5, 0.6) is 23.0 Å². The Morgan fingerprint density at radius 1 is 0.576 bits per heavy atom. The lowest BCUT2D eigenvalue weighted by Crippen LogP contribution is -2.20. The first-order valence-electron chi connectivity index (χ1n) is 25.3.